The van der Waals surface area contributed by atoms with Gasteiger partial charge in [0.15, 0.2) is 0 Å². The van der Waals surface area contributed by atoms with E-state index in [-0.39, 0.29) is 5.60 Å². The van der Waals surface area contributed by atoms with Gasteiger partial charge in [0.2, 0.25) is 0 Å². The van der Waals surface area contributed by atoms with Crippen molar-refractivity contribution in [3.63, 3.8) is 0 Å². The van der Waals surface area contributed by atoms with Gasteiger partial charge in [0.05, 0.1) is 5.60 Å². The SMILES string of the molecule is CC(C)C(C)(C)CCOC(C)(C)C. The van der Waals surface area contributed by atoms with Gasteiger partial charge in [-0.2, -0.15) is 0 Å². The van der Waals surface area contributed by atoms with Crippen molar-refractivity contribution in [2.75, 3.05) is 6.61 Å². The highest BCUT2D eigenvalue weighted by molar-refractivity contribution is 4.72. The first-order chi connectivity index (χ1) is 5.65. The Bertz CT molecular complexity index is 140. The highest BCUT2D eigenvalue weighted by Gasteiger charge is 2.22. The van der Waals surface area contributed by atoms with Crippen LogP contribution < -0.4 is 0 Å². The monoisotopic (exact) mass is 186 g/mol. The summed E-state index contributed by atoms with van der Waals surface area (Å²) in [6.07, 6.45) is 1.14. The number of hydrogen-bond acceptors (Lipinski definition) is 1. The van der Waals surface area contributed by atoms with Crippen molar-refractivity contribution in [1.29, 1.82) is 0 Å². The lowest BCUT2D eigenvalue weighted by atomic mass is 9.79. The second-order valence-corrected chi connectivity index (χ2v) is 5.85. The normalized spacial score (nSPS) is 13.8. The van der Waals surface area contributed by atoms with Crippen molar-refractivity contribution in [3.8, 4) is 0 Å². The second kappa shape index (κ2) is 4.45. The average Bonchev–Trinajstić information content (AvgIpc) is 1.82. The van der Waals surface area contributed by atoms with Crippen LogP contribution in [0.3, 0.4) is 0 Å². The number of rotatable bonds is 4. The summed E-state index contributed by atoms with van der Waals surface area (Å²) >= 11 is 0. The Morgan fingerprint density at radius 1 is 1.00 bits per heavy atom. The first-order valence-corrected chi connectivity index (χ1v) is 5.29. The van der Waals surface area contributed by atoms with Crippen LogP contribution in [0.25, 0.3) is 0 Å². The van der Waals surface area contributed by atoms with Crippen LogP contribution in [0.4, 0.5) is 0 Å². The largest absolute Gasteiger partial charge is 0.376 e. The molecule has 0 aromatic carbocycles. The molecular formula is C12H26O. The van der Waals surface area contributed by atoms with Gasteiger partial charge in [0.1, 0.15) is 0 Å². The van der Waals surface area contributed by atoms with Gasteiger partial charge in [-0.05, 0) is 38.5 Å². The molecule has 0 fully saturated rings. The van der Waals surface area contributed by atoms with Crippen LogP contribution in [0, 0.1) is 11.3 Å². The van der Waals surface area contributed by atoms with Crippen molar-refractivity contribution in [2.24, 2.45) is 11.3 Å². The van der Waals surface area contributed by atoms with E-state index in [9.17, 15) is 0 Å². The minimum absolute atomic E-state index is 0.00700. The van der Waals surface area contributed by atoms with E-state index < -0.39 is 0 Å². The van der Waals surface area contributed by atoms with E-state index in [1.54, 1.807) is 0 Å². The third-order valence-electron chi connectivity index (χ3n) is 2.84. The standard InChI is InChI=1S/C12H26O/c1-10(2)12(6,7)8-9-13-11(3,4)5/h10H,8-9H2,1-7H3. The molecule has 0 aromatic heterocycles. The molecule has 80 valence electrons. The second-order valence-electron chi connectivity index (χ2n) is 5.85. The van der Waals surface area contributed by atoms with Crippen LogP contribution in [0.5, 0.6) is 0 Å². The predicted molar refractivity (Wildman–Crippen MR) is 58.9 cm³/mol. The third kappa shape index (κ3) is 6.09. The fraction of sp³-hybridized carbons (Fsp3) is 1.00. The fourth-order valence-corrected chi connectivity index (χ4v) is 0.909. The van der Waals surface area contributed by atoms with Gasteiger partial charge in [0.25, 0.3) is 0 Å². The molecule has 0 aromatic rings. The zero-order valence-corrected chi connectivity index (χ0v) is 10.4. The molecule has 0 aliphatic carbocycles. The molecule has 0 aliphatic rings. The highest BCUT2D eigenvalue weighted by Crippen LogP contribution is 2.30. The molecule has 0 N–H and O–H groups in total. The van der Waals surface area contributed by atoms with E-state index in [4.69, 9.17) is 4.74 Å². The Morgan fingerprint density at radius 3 is 1.77 bits per heavy atom. The molecule has 0 spiro atoms. The van der Waals surface area contributed by atoms with Gasteiger partial charge in [-0.3, -0.25) is 0 Å². The number of ether oxygens (including phenoxy) is 1. The molecule has 0 bridgehead atoms. The Labute approximate surface area is 83.9 Å². The third-order valence-corrected chi connectivity index (χ3v) is 2.84. The minimum atomic E-state index is 0.00700. The quantitative estimate of drug-likeness (QED) is 0.647. The van der Waals surface area contributed by atoms with E-state index in [0.717, 1.165) is 18.9 Å². The van der Waals surface area contributed by atoms with Crippen molar-refractivity contribution in [1.82, 2.24) is 0 Å². The molecule has 0 heterocycles. The van der Waals surface area contributed by atoms with Gasteiger partial charge in [-0.15, -0.1) is 0 Å². The fourth-order valence-electron chi connectivity index (χ4n) is 0.909. The summed E-state index contributed by atoms with van der Waals surface area (Å²) in [5.74, 6) is 0.719. The lowest BCUT2D eigenvalue weighted by molar-refractivity contribution is -0.0200. The Balaban J connectivity index is 3.77. The van der Waals surface area contributed by atoms with E-state index in [1.165, 1.54) is 0 Å². The summed E-state index contributed by atoms with van der Waals surface area (Å²) in [5, 5.41) is 0. The molecule has 0 amide bonds. The molecule has 0 rings (SSSR count). The lowest BCUT2D eigenvalue weighted by Gasteiger charge is -2.30. The van der Waals surface area contributed by atoms with E-state index in [1.807, 2.05) is 0 Å². The molecule has 0 radical (unpaired) electrons. The van der Waals surface area contributed by atoms with E-state index in [2.05, 4.69) is 48.5 Å². The van der Waals surface area contributed by atoms with Gasteiger partial charge in [-0.1, -0.05) is 27.7 Å². The van der Waals surface area contributed by atoms with Gasteiger partial charge < -0.3 is 4.74 Å². The maximum atomic E-state index is 5.72. The van der Waals surface area contributed by atoms with Crippen molar-refractivity contribution in [2.45, 2.75) is 60.5 Å². The Hall–Kier alpha value is -0.0400. The predicted octanol–water partition coefficient (Wildman–Crippen LogP) is 3.87. The van der Waals surface area contributed by atoms with Crippen LogP contribution >= 0.6 is 0 Å². The molecular weight excluding hydrogens is 160 g/mol. The molecule has 0 aliphatic heterocycles. The van der Waals surface area contributed by atoms with Crippen molar-refractivity contribution < 1.29 is 4.74 Å². The Kier molecular flexibility index (Phi) is 4.44. The summed E-state index contributed by atoms with van der Waals surface area (Å²) < 4.78 is 5.72. The molecule has 0 atom stereocenters. The summed E-state index contributed by atoms with van der Waals surface area (Å²) in [5.41, 5.74) is 0.401. The molecule has 1 nitrogen and oxygen atoms in total. The van der Waals surface area contributed by atoms with E-state index in [0.29, 0.717) is 5.41 Å². The molecule has 0 saturated heterocycles. The smallest absolute Gasteiger partial charge is 0.0598 e. The van der Waals surface area contributed by atoms with Crippen molar-refractivity contribution >= 4 is 0 Å². The average molecular weight is 186 g/mol. The van der Waals surface area contributed by atoms with Crippen molar-refractivity contribution in [3.05, 3.63) is 0 Å². The molecule has 0 saturated carbocycles. The summed E-state index contributed by atoms with van der Waals surface area (Å²) in [6.45, 7) is 16.4. The highest BCUT2D eigenvalue weighted by atomic mass is 16.5. The van der Waals surface area contributed by atoms with Crippen LogP contribution in [0.15, 0.2) is 0 Å². The van der Waals surface area contributed by atoms with E-state index >= 15 is 0 Å². The number of hydrogen-bond donors (Lipinski definition) is 0. The minimum Gasteiger partial charge on any atom is -0.376 e. The zero-order chi connectivity index (χ0) is 10.7. The van der Waals surface area contributed by atoms with Gasteiger partial charge >= 0.3 is 0 Å². The zero-order valence-electron chi connectivity index (χ0n) is 10.4. The first kappa shape index (κ1) is 13.0. The summed E-state index contributed by atoms with van der Waals surface area (Å²) in [4.78, 5) is 0. The maximum absolute atomic E-state index is 5.72. The summed E-state index contributed by atoms with van der Waals surface area (Å²) in [6, 6.07) is 0. The van der Waals surface area contributed by atoms with Crippen LogP contribution in [-0.2, 0) is 4.74 Å². The Morgan fingerprint density at radius 2 is 1.46 bits per heavy atom. The lowest BCUT2D eigenvalue weighted by Crippen LogP contribution is -2.25. The topological polar surface area (TPSA) is 9.23 Å². The summed E-state index contributed by atoms with van der Waals surface area (Å²) in [7, 11) is 0. The maximum Gasteiger partial charge on any atom is 0.0598 e. The molecule has 1 heteroatoms. The first-order valence-electron chi connectivity index (χ1n) is 5.29. The van der Waals surface area contributed by atoms with Gasteiger partial charge in [-0.25, -0.2) is 0 Å². The molecule has 0 unspecified atom stereocenters. The van der Waals surface area contributed by atoms with Gasteiger partial charge in [0, 0.05) is 6.61 Å². The van der Waals surface area contributed by atoms with Crippen LogP contribution in [0.2, 0.25) is 0 Å². The van der Waals surface area contributed by atoms with Crippen LogP contribution in [0.1, 0.15) is 54.9 Å². The molecule has 13 heavy (non-hydrogen) atoms. The van der Waals surface area contributed by atoms with Crippen LogP contribution in [-0.4, -0.2) is 12.2 Å².